The van der Waals surface area contributed by atoms with Crippen molar-refractivity contribution in [3.8, 4) is 5.75 Å². The Morgan fingerprint density at radius 1 is 1.44 bits per heavy atom. The minimum atomic E-state index is -0.808. The van der Waals surface area contributed by atoms with Crippen molar-refractivity contribution in [2.75, 3.05) is 13.7 Å². The zero-order valence-electron chi connectivity index (χ0n) is 10.5. The number of thiophene rings is 1. The Bertz CT molecular complexity index is 428. The van der Waals surface area contributed by atoms with E-state index in [1.165, 1.54) is 18.4 Å². The third-order valence-electron chi connectivity index (χ3n) is 2.35. The Labute approximate surface area is 110 Å². The number of amides is 1. The normalized spacial score (nSPS) is 10.1. The molecule has 1 rings (SSSR count). The van der Waals surface area contributed by atoms with Gasteiger partial charge in [-0.05, 0) is 25.8 Å². The summed E-state index contributed by atoms with van der Waals surface area (Å²) >= 11 is 1.38. The molecular formula is C12H17NO4S. The number of nitrogens with one attached hydrogen (secondary N) is 1. The van der Waals surface area contributed by atoms with E-state index in [9.17, 15) is 9.59 Å². The van der Waals surface area contributed by atoms with E-state index in [1.807, 2.05) is 13.0 Å². The lowest BCUT2D eigenvalue weighted by atomic mass is 10.2. The molecule has 0 fully saturated rings. The summed E-state index contributed by atoms with van der Waals surface area (Å²) in [5.41, 5.74) is 0. The van der Waals surface area contributed by atoms with Crippen molar-refractivity contribution >= 4 is 23.2 Å². The number of hydrogen-bond donors (Lipinski definition) is 2. The van der Waals surface area contributed by atoms with E-state index < -0.39 is 5.97 Å². The topological polar surface area (TPSA) is 75.6 Å². The Hall–Kier alpha value is -1.56. The van der Waals surface area contributed by atoms with Crippen LogP contribution in [0.3, 0.4) is 0 Å². The van der Waals surface area contributed by atoms with Crippen molar-refractivity contribution < 1.29 is 19.4 Å². The Morgan fingerprint density at radius 3 is 2.78 bits per heavy atom. The molecule has 1 amide bonds. The number of unbranched alkanes of at least 4 members (excludes halogenated alkanes) is 1. The van der Waals surface area contributed by atoms with Crippen LogP contribution in [0.1, 0.15) is 33.8 Å². The van der Waals surface area contributed by atoms with Gasteiger partial charge in [0.25, 0.3) is 5.91 Å². The van der Waals surface area contributed by atoms with Crippen molar-refractivity contribution in [3.05, 3.63) is 15.8 Å². The van der Waals surface area contributed by atoms with Gasteiger partial charge < -0.3 is 15.2 Å². The molecule has 0 aromatic carbocycles. The van der Waals surface area contributed by atoms with Crippen LogP contribution in [0.25, 0.3) is 0 Å². The van der Waals surface area contributed by atoms with Crippen molar-refractivity contribution in [2.45, 2.75) is 26.2 Å². The van der Waals surface area contributed by atoms with Crippen LogP contribution in [0, 0.1) is 6.92 Å². The molecule has 1 heterocycles. The third-order valence-corrected chi connectivity index (χ3v) is 3.38. The highest BCUT2D eigenvalue weighted by atomic mass is 32.1. The summed E-state index contributed by atoms with van der Waals surface area (Å²) in [5, 5.41) is 11.2. The molecule has 0 aliphatic carbocycles. The quantitative estimate of drug-likeness (QED) is 0.744. The second kappa shape index (κ2) is 7.00. The predicted molar refractivity (Wildman–Crippen MR) is 69.4 cm³/mol. The summed E-state index contributed by atoms with van der Waals surface area (Å²) < 4.78 is 5.12. The second-order valence-electron chi connectivity index (χ2n) is 3.86. The number of carbonyl (C=O) groups is 2. The average Bonchev–Trinajstić information content (AvgIpc) is 2.69. The van der Waals surface area contributed by atoms with Crippen LogP contribution in [-0.4, -0.2) is 30.6 Å². The minimum absolute atomic E-state index is 0.136. The van der Waals surface area contributed by atoms with Crippen LogP contribution >= 0.6 is 11.3 Å². The fraction of sp³-hybridized carbons (Fsp3) is 0.500. The maximum atomic E-state index is 11.8. The van der Waals surface area contributed by atoms with E-state index in [0.717, 1.165) is 4.88 Å². The Kier molecular flexibility index (Phi) is 5.64. The standard InChI is InChI=1S/C12H17NO4S/c1-8-7-9(17-2)11(18-8)12(16)13-6-4-3-5-10(14)15/h7H,3-6H2,1-2H3,(H,13,16)(H,14,15). The number of carboxylic acids is 1. The first-order chi connectivity index (χ1) is 8.54. The number of methoxy groups -OCH3 is 1. The first-order valence-electron chi connectivity index (χ1n) is 5.69. The van der Waals surface area contributed by atoms with Crippen LogP contribution in [0.2, 0.25) is 0 Å². The molecule has 5 nitrogen and oxygen atoms in total. The smallest absolute Gasteiger partial charge is 0.303 e. The molecule has 6 heteroatoms. The van der Waals surface area contributed by atoms with E-state index in [-0.39, 0.29) is 12.3 Å². The highest BCUT2D eigenvalue weighted by Gasteiger charge is 2.15. The zero-order valence-corrected chi connectivity index (χ0v) is 11.3. The van der Waals surface area contributed by atoms with Gasteiger partial charge in [0.05, 0.1) is 7.11 Å². The van der Waals surface area contributed by atoms with E-state index >= 15 is 0 Å². The second-order valence-corrected chi connectivity index (χ2v) is 5.12. The van der Waals surface area contributed by atoms with Gasteiger partial charge in [-0.25, -0.2) is 0 Å². The van der Waals surface area contributed by atoms with Crippen LogP contribution in [0.15, 0.2) is 6.07 Å². The molecule has 0 aliphatic rings. The molecule has 2 N–H and O–H groups in total. The number of carbonyl (C=O) groups excluding carboxylic acids is 1. The van der Waals surface area contributed by atoms with Gasteiger partial charge in [-0.1, -0.05) is 0 Å². The third kappa shape index (κ3) is 4.37. The maximum Gasteiger partial charge on any atom is 0.303 e. The van der Waals surface area contributed by atoms with Gasteiger partial charge >= 0.3 is 5.97 Å². The monoisotopic (exact) mass is 271 g/mol. The summed E-state index contributed by atoms with van der Waals surface area (Å²) in [7, 11) is 1.53. The summed E-state index contributed by atoms with van der Waals surface area (Å²) in [6.45, 7) is 2.39. The molecule has 0 spiro atoms. The number of aliphatic carboxylic acids is 1. The van der Waals surface area contributed by atoms with Gasteiger partial charge in [0, 0.05) is 17.8 Å². The molecule has 0 saturated carbocycles. The number of rotatable bonds is 7. The summed E-state index contributed by atoms with van der Waals surface area (Å²) in [6.07, 6.45) is 1.36. The lowest BCUT2D eigenvalue weighted by Crippen LogP contribution is -2.24. The van der Waals surface area contributed by atoms with Crippen molar-refractivity contribution in [2.24, 2.45) is 0 Å². The predicted octanol–water partition coefficient (Wildman–Crippen LogP) is 2.05. The SMILES string of the molecule is COc1cc(C)sc1C(=O)NCCCCC(=O)O. The molecule has 18 heavy (non-hydrogen) atoms. The molecule has 0 radical (unpaired) electrons. The van der Waals surface area contributed by atoms with Crippen molar-refractivity contribution in [1.29, 1.82) is 0 Å². The number of carboxylic acid groups (broad SMARTS) is 1. The van der Waals surface area contributed by atoms with E-state index in [1.54, 1.807) is 0 Å². The lowest BCUT2D eigenvalue weighted by molar-refractivity contribution is -0.137. The van der Waals surface area contributed by atoms with Gasteiger partial charge in [-0.2, -0.15) is 0 Å². The molecule has 0 saturated heterocycles. The van der Waals surface area contributed by atoms with Crippen LogP contribution in [-0.2, 0) is 4.79 Å². The first kappa shape index (κ1) is 14.5. The first-order valence-corrected chi connectivity index (χ1v) is 6.50. The molecule has 0 unspecified atom stereocenters. The van der Waals surface area contributed by atoms with Gasteiger partial charge in [0.1, 0.15) is 10.6 Å². The molecule has 100 valence electrons. The van der Waals surface area contributed by atoms with Gasteiger partial charge in [-0.15, -0.1) is 11.3 Å². The largest absolute Gasteiger partial charge is 0.495 e. The molecule has 1 aromatic rings. The molecule has 1 aromatic heterocycles. The fourth-order valence-electron chi connectivity index (χ4n) is 1.48. The van der Waals surface area contributed by atoms with E-state index in [4.69, 9.17) is 9.84 Å². The molecule has 0 bridgehead atoms. The Morgan fingerprint density at radius 2 is 2.17 bits per heavy atom. The maximum absolute atomic E-state index is 11.8. The van der Waals surface area contributed by atoms with Crippen LogP contribution < -0.4 is 10.1 Å². The van der Waals surface area contributed by atoms with E-state index in [0.29, 0.717) is 30.0 Å². The minimum Gasteiger partial charge on any atom is -0.495 e. The average molecular weight is 271 g/mol. The number of hydrogen-bond acceptors (Lipinski definition) is 4. The zero-order chi connectivity index (χ0) is 13.5. The molecular weight excluding hydrogens is 254 g/mol. The highest BCUT2D eigenvalue weighted by molar-refractivity contribution is 7.14. The van der Waals surface area contributed by atoms with Gasteiger partial charge in [0.2, 0.25) is 0 Å². The fourth-order valence-corrected chi connectivity index (χ4v) is 2.38. The summed E-state index contributed by atoms with van der Waals surface area (Å²) in [4.78, 5) is 23.7. The van der Waals surface area contributed by atoms with Gasteiger partial charge in [-0.3, -0.25) is 9.59 Å². The summed E-state index contributed by atoms with van der Waals surface area (Å²) in [6, 6.07) is 1.82. The highest BCUT2D eigenvalue weighted by Crippen LogP contribution is 2.28. The summed E-state index contributed by atoms with van der Waals surface area (Å²) in [5.74, 6) is -0.391. The Balaban J connectivity index is 2.38. The number of aryl methyl sites for hydroxylation is 1. The van der Waals surface area contributed by atoms with Crippen LogP contribution in [0.4, 0.5) is 0 Å². The van der Waals surface area contributed by atoms with E-state index in [2.05, 4.69) is 5.32 Å². The van der Waals surface area contributed by atoms with Crippen LogP contribution in [0.5, 0.6) is 5.75 Å². The molecule has 0 atom stereocenters. The van der Waals surface area contributed by atoms with Crippen molar-refractivity contribution in [1.82, 2.24) is 5.32 Å². The van der Waals surface area contributed by atoms with Crippen molar-refractivity contribution in [3.63, 3.8) is 0 Å². The van der Waals surface area contributed by atoms with Gasteiger partial charge in [0.15, 0.2) is 0 Å². The number of ether oxygens (including phenoxy) is 1. The molecule has 0 aliphatic heterocycles. The lowest BCUT2D eigenvalue weighted by Gasteiger charge is -2.04.